The van der Waals surface area contributed by atoms with Crippen molar-refractivity contribution in [3.05, 3.63) is 53.2 Å². The fourth-order valence-electron chi connectivity index (χ4n) is 1.98. The minimum absolute atomic E-state index is 0.145. The van der Waals surface area contributed by atoms with Crippen LogP contribution >= 0.6 is 0 Å². The molecule has 0 bridgehead atoms. The molecular weight excluding hydrogens is 238 g/mol. The molecule has 0 atom stereocenters. The maximum absolute atomic E-state index is 10.6. The van der Waals surface area contributed by atoms with Crippen molar-refractivity contribution < 1.29 is 9.90 Å². The van der Waals surface area contributed by atoms with Gasteiger partial charge in [-0.1, -0.05) is 35.9 Å². The Balaban J connectivity index is 2.23. The molecule has 0 fully saturated rings. The van der Waals surface area contributed by atoms with Crippen LogP contribution in [-0.4, -0.2) is 16.1 Å². The fraction of sp³-hybridized carbons (Fsp3) is 0.250. The van der Waals surface area contributed by atoms with E-state index < -0.39 is 5.97 Å². The van der Waals surface area contributed by atoms with Crippen LogP contribution in [0.15, 0.2) is 36.4 Å². The number of carboxylic acids is 1. The van der Waals surface area contributed by atoms with Crippen molar-refractivity contribution >= 4 is 5.97 Å². The Morgan fingerprint density at radius 3 is 2.37 bits per heavy atom. The first-order chi connectivity index (χ1) is 9.06. The summed E-state index contributed by atoms with van der Waals surface area (Å²) in [6, 6.07) is 12.1. The Hall–Kier alpha value is -2.16. The minimum Gasteiger partial charge on any atom is -0.481 e. The van der Waals surface area contributed by atoms with E-state index in [1.807, 2.05) is 31.2 Å². The van der Waals surface area contributed by atoms with Gasteiger partial charge in [-0.15, -0.1) is 0 Å². The third-order valence-corrected chi connectivity index (χ3v) is 3.15. The van der Waals surface area contributed by atoms with Crippen LogP contribution in [0.3, 0.4) is 0 Å². The zero-order valence-electron chi connectivity index (χ0n) is 11.2. The molecule has 0 saturated heterocycles. The van der Waals surface area contributed by atoms with E-state index in [2.05, 4.69) is 24.0 Å². The predicted octanol–water partition coefficient (Wildman–Crippen LogP) is 3.38. The molecule has 1 heterocycles. The molecule has 1 N–H and O–H groups in total. The van der Waals surface area contributed by atoms with E-state index in [0.717, 1.165) is 22.5 Å². The van der Waals surface area contributed by atoms with Crippen molar-refractivity contribution in [2.45, 2.75) is 26.7 Å². The Bertz CT molecular complexity index is 588. The second-order valence-electron chi connectivity index (χ2n) is 4.70. The molecule has 0 aliphatic carbocycles. The lowest BCUT2D eigenvalue weighted by molar-refractivity contribution is -0.136. The molecule has 3 heteroatoms. The van der Waals surface area contributed by atoms with Crippen LogP contribution in [-0.2, 0) is 11.2 Å². The minimum atomic E-state index is -0.776. The van der Waals surface area contributed by atoms with Crippen LogP contribution in [0, 0.1) is 13.8 Å². The third kappa shape index (κ3) is 3.41. The zero-order valence-corrected chi connectivity index (χ0v) is 11.2. The van der Waals surface area contributed by atoms with E-state index in [1.165, 1.54) is 5.56 Å². The molecule has 1 aromatic carbocycles. The summed E-state index contributed by atoms with van der Waals surface area (Å²) >= 11 is 0. The zero-order chi connectivity index (χ0) is 13.8. The van der Waals surface area contributed by atoms with E-state index in [4.69, 9.17) is 5.11 Å². The molecule has 19 heavy (non-hydrogen) atoms. The summed E-state index contributed by atoms with van der Waals surface area (Å²) in [7, 11) is 0. The number of pyridine rings is 1. The third-order valence-electron chi connectivity index (χ3n) is 3.15. The lowest BCUT2D eigenvalue weighted by Crippen LogP contribution is -2.00. The van der Waals surface area contributed by atoms with Crippen molar-refractivity contribution in [1.82, 2.24) is 4.98 Å². The summed E-state index contributed by atoms with van der Waals surface area (Å²) in [5.41, 5.74) is 5.13. The number of carbonyl (C=O) groups is 1. The van der Waals surface area contributed by atoms with Gasteiger partial charge >= 0.3 is 5.97 Å². The average molecular weight is 255 g/mol. The predicted molar refractivity (Wildman–Crippen MR) is 75.1 cm³/mol. The summed E-state index contributed by atoms with van der Waals surface area (Å²) in [6.45, 7) is 3.98. The summed E-state index contributed by atoms with van der Waals surface area (Å²) < 4.78 is 0. The van der Waals surface area contributed by atoms with Gasteiger partial charge in [-0.25, -0.2) is 0 Å². The summed E-state index contributed by atoms with van der Waals surface area (Å²) in [6.07, 6.45) is 0.675. The van der Waals surface area contributed by atoms with Crippen LogP contribution in [0.2, 0.25) is 0 Å². The molecule has 3 nitrogen and oxygen atoms in total. The fourth-order valence-corrected chi connectivity index (χ4v) is 1.98. The number of aryl methyl sites for hydroxylation is 3. The summed E-state index contributed by atoms with van der Waals surface area (Å²) in [5.74, 6) is -0.776. The van der Waals surface area contributed by atoms with Gasteiger partial charge in [0.2, 0.25) is 0 Å². The van der Waals surface area contributed by atoms with Crippen LogP contribution in [0.25, 0.3) is 11.3 Å². The van der Waals surface area contributed by atoms with Gasteiger partial charge < -0.3 is 5.11 Å². The number of carboxylic acid groups (broad SMARTS) is 1. The van der Waals surface area contributed by atoms with Gasteiger partial charge in [0.05, 0.1) is 5.69 Å². The highest BCUT2D eigenvalue weighted by Gasteiger charge is 2.06. The second-order valence-corrected chi connectivity index (χ2v) is 4.70. The largest absolute Gasteiger partial charge is 0.481 e. The maximum Gasteiger partial charge on any atom is 0.303 e. The molecular formula is C16H17NO2. The van der Waals surface area contributed by atoms with E-state index in [1.54, 1.807) is 0 Å². The lowest BCUT2D eigenvalue weighted by atomic mass is 10.0. The normalized spacial score (nSPS) is 10.4. The number of hydrogen-bond acceptors (Lipinski definition) is 2. The Labute approximate surface area is 112 Å². The van der Waals surface area contributed by atoms with Gasteiger partial charge in [0, 0.05) is 17.7 Å². The smallest absolute Gasteiger partial charge is 0.303 e. The SMILES string of the molecule is Cc1ccc(-c2ccc(CCC(=O)O)c(C)n2)cc1. The molecule has 2 aromatic rings. The summed E-state index contributed by atoms with van der Waals surface area (Å²) in [5, 5.41) is 8.70. The van der Waals surface area contributed by atoms with E-state index >= 15 is 0 Å². The molecule has 0 aliphatic heterocycles. The van der Waals surface area contributed by atoms with Crippen molar-refractivity contribution in [3.8, 4) is 11.3 Å². The molecule has 2 rings (SSSR count). The number of rotatable bonds is 4. The van der Waals surface area contributed by atoms with Crippen LogP contribution < -0.4 is 0 Å². The Kier molecular flexibility index (Phi) is 3.95. The van der Waals surface area contributed by atoms with Gasteiger partial charge in [-0.2, -0.15) is 0 Å². The first-order valence-corrected chi connectivity index (χ1v) is 6.31. The Morgan fingerprint density at radius 1 is 1.11 bits per heavy atom. The Morgan fingerprint density at radius 2 is 1.79 bits per heavy atom. The number of aromatic nitrogens is 1. The van der Waals surface area contributed by atoms with Gasteiger partial charge in [-0.3, -0.25) is 9.78 Å². The van der Waals surface area contributed by atoms with Crippen LogP contribution in [0.4, 0.5) is 0 Å². The van der Waals surface area contributed by atoms with E-state index in [0.29, 0.717) is 6.42 Å². The highest BCUT2D eigenvalue weighted by molar-refractivity contribution is 5.67. The number of aliphatic carboxylic acids is 1. The maximum atomic E-state index is 10.6. The van der Waals surface area contributed by atoms with E-state index in [-0.39, 0.29) is 6.42 Å². The average Bonchev–Trinajstić information content (AvgIpc) is 2.38. The second kappa shape index (κ2) is 5.65. The first kappa shape index (κ1) is 13.3. The van der Waals surface area contributed by atoms with Crippen molar-refractivity contribution in [2.24, 2.45) is 0 Å². The molecule has 1 aromatic heterocycles. The van der Waals surface area contributed by atoms with Gasteiger partial charge in [0.25, 0.3) is 0 Å². The standard InChI is InChI=1S/C16H17NO2/c1-11-3-5-14(6-4-11)15-9-7-13(12(2)17-15)8-10-16(18)19/h3-7,9H,8,10H2,1-2H3,(H,18,19). The van der Waals surface area contributed by atoms with Crippen molar-refractivity contribution in [2.75, 3.05) is 0 Å². The van der Waals surface area contributed by atoms with Gasteiger partial charge in [-0.05, 0) is 31.9 Å². The lowest BCUT2D eigenvalue weighted by Gasteiger charge is -2.07. The van der Waals surface area contributed by atoms with Crippen molar-refractivity contribution in [1.29, 1.82) is 0 Å². The molecule has 0 saturated carbocycles. The van der Waals surface area contributed by atoms with Gasteiger partial charge in [0.1, 0.15) is 0 Å². The molecule has 0 aliphatic rings. The number of nitrogens with zero attached hydrogens (tertiary/aromatic N) is 1. The van der Waals surface area contributed by atoms with Crippen LogP contribution in [0.1, 0.15) is 23.2 Å². The quantitative estimate of drug-likeness (QED) is 0.911. The molecule has 0 unspecified atom stereocenters. The monoisotopic (exact) mass is 255 g/mol. The number of benzene rings is 1. The molecule has 98 valence electrons. The molecule has 0 spiro atoms. The summed E-state index contributed by atoms with van der Waals surface area (Å²) in [4.78, 5) is 15.1. The topological polar surface area (TPSA) is 50.2 Å². The first-order valence-electron chi connectivity index (χ1n) is 6.31. The van der Waals surface area contributed by atoms with Crippen LogP contribution in [0.5, 0.6) is 0 Å². The van der Waals surface area contributed by atoms with E-state index in [9.17, 15) is 4.79 Å². The highest BCUT2D eigenvalue weighted by atomic mass is 16.4. The van der Waals surface area contributed by atoms with Gasteiger partial charge in [0.15, 0.2) is 0 Å². The molecule has 0 radical (unpaired) electrons. The van der Waals surface area contributed by atoms with Crippen molar-refractivity contribution in [3.63, 3.8) is 0 Å². The number of hydrogen-bond donors (Lipinski definition) is 1. The highest BCUT2D eigenvalue weighted by Crippen LogP contribution is 2.20. The molecule has 0 amide bonds.